The Morgan fingerprint density at radius 2 is 1.67 bits per heavy atom. The van der Waals surface area contributed by atoms with Crippen LogP contribution in [0.5, 0.6) is 0 Å². The molecule has 0 aromatic heterocycles. The van der Waals surface area contributed by atoms with E-state index in [1.54, 1.807) is 26.2 Å². The molecule has 48 heavy (non-hydrogen) atoms. The van der Waals surface area contributed by atoms with Crippen molar-refractivity contribution in [1.29, 1.82) is 0 Å². The molecule has 1 fully saturated rings. The Morgan fingerprint density at radius 1 is 1.02 bits per heavy atom. The number of likely N-dealkylation sites (N-methyl/N-ethyl adjacent to an activating group) is 1. The fourth-order valence-electron chi connectivity index (χ4n) is 7.14. The maximum absolute atomic E-state index is 14.1. The van der Waals surface area contributed by atoms with E-state index in [9.17, 15) is 19.2 Å². The number of Topliss-reactive ketones (excluding diaryl/α,β-unsaturated/α-hetero) is 2. The molecule has 272 valence electrons. The van der Waals surface area contributed by atoms with Crippen molar-refractivity contribution in [3.63, 3.8) is 0 Å². The first kappa shape index (κ1) is 41.6. The van der Waals surface area contributed by atoms with E-state index in [0.717, 1.165) is 32.1 Å². The highest BCUT2D eigenvalue weighted by molar-refractivity contribution is 5.90. The van der Waals surface area contributed by atoms with Crippen molar-refractivity contribution in [3.05, 3.63) is 35.9 Å². The lowest BCUT2D eigenvalue weighted by atomic mass is 9.79. The normalized spacial score (nSPS) is 19.0. The molecule has 2 N–H and O–H groups in total. The van der Waals surface area contributed by atoms with Crippen molar-refractivity contribution in [2.75, 3.05) is 34.4 Å². The molecule has 1 aromatic carbocycles. The van der Waals surface area contributed by atoms with Gasteiger partial charge in [-0.25, -0.2) is 0 Å². The van der Waals surface area contributed by atoms with Crippen molar-refractivity contribution in [2.24, 2.45) is 34.8 Å². The highest BCUT2D eigenvalue weighted by Crippen LogP contribution is 2.32. The molecule has 7 atom stereocenters. The number of rotatable bonds is 21. The Bertz CT molecular complexity index is 1170. The summed E-state index contributed by atoms with van der Waals surface area (Å²) >= 11 is 0. The van der Waals surface area contributed by atoms with Gasteiger partial charge in [-0.3, -0.25) is 19.2 Å². The number of nitrogens with zero attached hydrogens (tertiary/aromatic N) is 2. The van der Waals surface area contributed by atoms with Crippen LogP contribution in [0, 0.1) is 29.1 Å². The van der Waals surface area contributed by atoms with Gasteiger partial charge in [0.15, 0.2) is 0 Å². The van der Waals surface area contributed by atoms with Gasteiger partial charge in [0, 0.05) is 64.4 Å². The van der Waals surface area contributed by atoms with Gasteiger partial charge in [0.1, 0.15) is 11.6 Å². The Hall–Kier alpha value is -2.62. The van der Waals surface area contributed by atoms with E-state index in [1.807, 2.05) is 57.7 Å². The van der Waals surface area contributed by atoms with Crippen LogP contribution in [0.15, 0.2) is 30.3 Å². The zero-order valence-electron chi connectivity index (χ0n) is 31.5. The van der Waals surface area contributed by atoms with Gasteiger partial charge in [-0.1, -0.05) is 85.2 Å². The van der Waals surface area contributed by atoms with Crippen LogP contribution in [-0.4, -0.2) is 91.8 Å². The standard InChI is InChI=1S/C39H65N3O6/c1-11-27(4)36(41(8)38(46)30(26(2)3)23-34(44)39(6,7)25-40)33(47-9)24-35(45)42-22-16-20-31(42)37(48-10)28(5)32(43)21-15-19-29-17-13-12-14-18-29/h12-14,17-18,26-28,30-31,33,36-37H,11,15-16,19-25,40H2,1-10H3/t27-,28-,30-,31-,33+,36-,37+/m0/s1. The summed E-state index contributed by atoms with van der Waals surface area (Å²) in [5.74, 6) is -0.942. The fourth-order valence-corrected chi connectivity index (χ4v) is 7.14. The average Bonchev–Trinajstić information content (AvgIpc) is 3.56. The highest BCUT2D eigenvalue weighted by Gasteiger charge is 2.43. The number of carbonyl (C=O) groups excluding carboxylic acids is 4. The number of methoxy groups -OCH3 is 2. The number of ether oxygens (including phenoxy) is 2. The lowest BCUT2D eigenvalue weighted by Crippen LogP contribution is -2.54. The predicted molar refractivity (Wildman–Crippen MR) is 191 cm³/mol. The number of amides is 2. The van der Waals surface area contributed by atoms with Crippen molar-refractivity contribution >= 4 is 23.4 Å². The van der Waals surface area contributed by atoms with Gasteiger partial charge in [-0.15, -0.1) is 0 Å². The quantitative estimate of drug-likeness (QED) is 0.178. The number of nitrogens with two attached hydrogens (primary N) is 1. The van der Waals surface area contributed by atoms with E-state index in [-0.39, 0.29) is 72.6 Å². The molecule has 1 saturated heterocycles. The van der Waals surface area contributed by atoms with Gasteiger partial charge in [-0.05, 0) is 43.1 Å². The maximum Gasteiger partial charge on any atom is 0.226 e. The minimum absolute atomic E-state index is 0.0271. The molecule has 0 radical (unpaired) electrons. The maximum atomic E-state index is 14.1. The summed E-state index contributed by atoms with van der Waals surface area (Å²) in [5.41, 5.74) is 6.38. The number of carbonyl (C=O) groups is 4. The van der Waals surface area contributed by atoms with Crippen LogP contribution >= 0.6 is 0 Å². The molecule has 1 heterocycles. The minimum atomic E-state index is -0.708. The molecular formula is C39H65N3O6. The molecule has 9 nitrogen and oxygen atoms in total. The molecule has 2 rings (SSSR count). The first-order valence-electron chi connectivity index (χ1n) is 18.1. The van der Waals surface area contributed by atoms with Crippen molar-refractivity contribution in [2.45, 2.75) is 124 Å². The largest absolute Gasteiger partial charge is 0.379 e. The zero-order valence-corrected chi connectivity index (χ0v) is 31.5. The molecule has 0 saturated carbocycles. The summed E-state index contributed by atoms with van der Waals surface area (Å²) < 4.78 is 12.0. The second-order valence-electron chi connectivity index (χ2n) is 15.0. The molecule has 1 aliphatic rings. The number of hydrogen-bond donors (Lipinski definition) is 1. The number of aryl methyl sites for hydroxylation is 1. The molecule has 0 spiro atoms. The van der Waals surface area contributed by atoms with E-state index in [4.69, 9.17) is 15.2 Å². The molecule has 1 aliphatic heterocycles. The van der Waals surface area contributed by atoms with E-state index in [2.05, 4.69) is 26.0 Å². The van der Waals surface area contributed by atoms with Gasteiger partial charge < -0.3 is 25.0 Å². The van der Waals surface area contributed by atoms with Crippen LogP contribution in [0.3, 0.4) is 0 Å². The third-order valence-electron chi connectivity index (χ3n) is 10.9. The Morgan fingerprint density at radius 3 is 2.21 bits per heavy atom. The van der Waals surface area contributed by atoms with Gasteiger partial charge in [0.05, 0.1) is 30.7 Å². The first-order valence-corrected chi connectivity index (χ1v) is 18.1. The predicted octanol–water partition coefficient (Wildman–Crippen LogP) is 5.72. The van der Waals surface area contributed by atoms with Gasteiger partial charge in [0.25, 0.3) is 0 Å². The second-order valence-corrected chi connectivity index (χ2v) is 15.0. The molecule has 0 unspecified atom stereocenters. The summed E-state index contributed by atoms with van der Waals surface area (Å²) in [6, 6.07) is 9.58. The monoisotopic (exact) mass is 671 g/mol. The fraction of sp³-hybridized carbons (Fsp3) is 0.744. The molecule has 2 amide bonds. The highest BCUT2D eigenvalue weighted by atomic mass is 16.5. The molecule has 0 aliphatic carbocycles. The third kappa shape index (κ3) is 10.9. The average molecular weight is 672 g/mol. The number of hydrogen-bond acceptors (Lipinski definition) is 7. The zero-order chi connectivity index (χ0) is 36.2. The van der Waals surface area contributed by atoms with Crippen LogP contribution in [0.2, 0.25) is 0 Å². The second kappa shape index (κ2) is 19.5. The lowest BCUT2D eigenvalue weighted by Gasteiger charge is -2.41. The Balaban J connectivity index is 2.20. The first-order chi connectivity index (χ1) is 22.6. The summed E-state index contributed by atoms with van der Waals surface area (Å²) in [6.07, 6.45) is 3.72. The molecule has 9 heteroatoms. The van der Waals surface area contributed by atoms with Crippen molar-refractivity contribution in [1.82, 2.24) is 9.80 Å². The lowest BCUT2D eigenvalue weighted by molar-refractivity contribution is -0.149. The van der Waals surface area contributed by atoms with Gasteiger partial charge >= 0.3 is 0 Å². The van der Waals surface area contributed by atoms with Crippen molar-refractivity contribution in [3.8, 4) is 0 Å². The molecular weight excluding hydrogens is 606 g/mol. The van der Waals surface area contributed by atoms with Crippen LogP contribution in [0.25, 0.3) is 0 Å². The van der Waals surface area contributed by atoms with Gasteiger partial charge in [-0.2, -0.15) is 0 Å². The van der Waals surface area contributed by atoms with E-state index in [0.29, 0.717) is 13.0 Å². The molecule has 0 bridgehead atoms. The summed E-state index contributed by atoms with van der Waals surface area (Å²) in [5, 5.41) is 0. The smallest absolute Gasteiger partial charge is 0.226 e. The SMILES string of the molecule is CC[C@H](C)[C@@H]([C@@H](CC(=O)N1CCC[C@H]1[C@H](OC)[C@@H](C)C(=O)CCCc1ccccc1)OC)N(C)C(=O)[C@@H](CC(=O)C(C)(C)CN)C(C)C. The van der Waals surface area contributed by atoms with Crippen LogP contribution < -0.4 is 5.73 Å². The summed E-state index contributed by atoms with van der Waals surface area (Å²) in [7, 11) is 4.99. The van der Waals surface area contributed by atoms with E-state index in [1.165, 1.54) is 5.56 Å². The number of ketones is 2. The minimum Gasteiger partial charge on any atom is -0.379 e. The Labute approximate surface area is 290 Å². The van der Waals surface area contributed by atoms with Crippen molar-refractivity contribution < 1.29 is 28.7 Å². The van der Waals surface area contributed by atoms with Crippen LogP contribution in [0.1, 0.15) is 99.0 Å². The summed E-state index contributed by atoms with van der Waals surface area (Å²) in [4.78, 5) is 58.2. The topological polar surface area (TPSA) is 119 Å². The van der Waals surface area contributed by atoms with Crippen LogP contribution in [-0.2, 0) is 35.1 Å². The van der Waals surface area contributed by atoms with Crippen LogP contribution in [0.4, 0.5) is 0 Å². The molecule has 1 aromatic rings. The van der Waals surface area contributed by atoms with E-state index < -0.39 is 23.5 Å². The number of likely N-dealkylation sites (tertiary alicyclic amines) is 1. The summed E-state index contributed by atoms with van der Waals surface area (Å²) in [6.45, 7) is 14.4. The number of benzene rings is 1. The third-order valence-corrected chi connectivity index (χ3v) is 10.9. The van der Waals surface area contributed by atoms with Gasteiger partial charge in [0.2, 0.25) is 11.8 Å². The Kier molecular flexibility index (Phi) is 16.9. The van der Waals surface area contributed by atoms with E-state index >= 15 is 0 Å².